The Morgan fingerprint density at radius 3 is 2.41 bits per heavy atom. The summed E-state index contributed by atoms with van der Waals surface area (Å²) in [5.74, 6) is -0.768. The van der Waals surface area contributed by atoms with E-state index in [-0.39, 0.29) is 28.7 Å². The Hall–Kier alpha value is -1.91. The van der Waals surface area contributed by atoms with Gasteiger partial charge in [0.25, 0.3) is 0 Å². The van der Waals surface area contributed by atoms with Gasteiger partial charge in [0, 0.05) is 10.6 Å². The maximum Gasteiger partial charge on any atom is 0.342 e. The predicted molar refractivity (Wildman–Crippen MR) is 86.1 cm³/mol. The minimum absolute atomic E-state index is 0.00466. The van der Waals surface area contributed by atoms with Gasteiger partial charge in [0.1, 0.15) is 16.3 Å². The lowest BCUT2D eigenvalue weighted by Gasteiger charge is -2.15. The molecule has 22 heavy (non-hydrogen) atoms. The average Bonchev–Trinajstić information content (AvgIpc) is 2.50. The predicted octanol–water partition coefficient (Wildman–Crippen LogP) is 4.55. The van der Waals surface area contributed by atoms with E-state index in [9.17, 15) is 9.90 Å². The first kappa shape index (κ1) is 16.5. The smallest absolute Gasteiger partial charge is 0.342 e. The van der Waals surface area contributed by atoms with Crippen molar-refractivity contribution in [3.05, 3.63) is 45.9 Å². The zero-order chi connectivity index (χ0) is 16.3. The first-order valence-electron chi connectivity index (χ1n) is 6.52. The van der Waals surface area contributed by atoms with Gasteiger partial charge < -0.3 is 14.6 Å². The van der Waals surface area contributed by atoms with Crippen LogP contribution in [0.3, 0.4) is 0 Å². The number of methoxy groups -OCH3 is 1. The summed E-state index contributed by atoms with van der Waals surface area (Å²) in [6, 6.07) is 8.41. The van der Waals surface area contributed by atoms with Gasteiger partial charge in [0.15, 0.2) is 5.75 Å². The molecule has 116 valence electrons. The molecule has 0 saturated heterocycles. The van der Waals surface area contributed by atoms with Gasteiger partial charge in [-0.3, -0.25) is 0 Å². The summed E-state index contributed by atoms with van der Waals surface area (Å²) in [5, 5.41) is 10.8. The standard InChI is InChI=1S/C16H14Cl2O4/c1-3-22-16(20)13-11(9-4-6-10(17)7-5-9)8-12(21-2)14(18)15(13)19/h4-8,19H,3H2,1-2H3. The van der Waals surface area contributed by atoms with E-state index in [1.54, 1.807) is 37.3 Å². The molecule has 0 saturated carbocycles. The molecule has 0 radical (unpaired) electrons. The number of phenols is 1. The zero-order valence-electron chi connectivity index (χ0n) is 12.0. The summed E-state index contributed by atoms with van der Waals surface area (Å²) in [6.45, 7) is 1.87. The van der Waals surface area contributed by atoms with E-state index in [4.69, 9.17) is 32.7 Å². The number of phenolic OH excluding ortho intramolecular Hbond substituents is 1. The van der Waals surface area contributed by atoms with Crippen LogP contribution in [0.1, 0.15) is 17.3 Å². The van der Waals surface area contributed by atoms with Gasteiger partial charge in [-0.25, -0.2) is 4.79 Å². The van der Waals surface area contributed by atoms with E-state index in [1.807, 2.05) is 0 Å². The normalized spacial score (nSPS) is 10.4. The van der Waals surface area contributed by atoms with Crippen molar-refractivity contribution in [2.75, 3.05) is 13.7 Å². The molecular formula is C16H14Cl2O4. The van der Waals surface area contributed by atoms with E-state index < -0.39 is 5.97 Å². The van der Waals surface area contributed by atoms with Crippen LogP contribution in [-0.2, 0) is 4.74 Å². The number of carbonyl (C=O) groups excluding carboxylic acids is 1. The van der Waals surface area contributed by atoms with E-state index in [0.29, 0.717) is 16.1 Å². The largest absolute Gasteiger partial charge is 0.505 e. The number of esters is 1. The van der Waals surface area contributed by atoms with E-state index in [1.165, 1.54) is 7.11 Å². The van der Waals surface area contributed by atoms with Crippen LogP contribution in [0.15, 0.2) is 30.3 Å². The monoisotopic (exact) mass is 340 g/mol. The fourth-order valence-electron chi connectivity index (χ4n) is 2.04. The lowest BCUT2D eigenvalue weighted by atomic mass is 9.98. The van der Waals surface area contributed by atoms with Gasteiger partial charge in [-0.2, -0.15) is 0 Å². The lowest BCUT2D eigenvalue weighted by Crippen LogP contribution is -2.08. The van der Waals surface area contributed by atoms with Crippen LogP contribution >= 0.6 is 23.2 Å². The van der Waals surface area contributed by atoms with Crippen LogP contribution in [0.4, 0.5) is 0 Å². The van der Waals surface area contributed by atoms with Gasteiger partial charge in [0.2, 0.25) is 0 Å². The fourth-order valence-corrected chi connectivity index (χ4v) is 2.39. The number of halogens is 2. The van der Waals surface area contributed by atoms with Crippen LogP contribution in [0.2, 0.25) is 10.0 Å². The number of aromatic hydroxyl groups is 1. The molecule has 0 amide bonds. The summed E-state index contributed by atoms with van der Waals surface area (Å²) >= 11 is 11.9. The third-order valence-electron chi connectivity index (χ3n) is 3.06. The third-order valence-corrected chi connectivity index (χ3v) is 3.68. The van der Waals surface area contributed by atoms with Gasteiger partial charge in [-0.15, -0.1) is 0 Å². The zero-order valence-corrected chi connectivity index (χ0v) is 13.5. The van der Waals surface area contributed by atoms with Crippen molar-refractivity contribution in [2.24, 2.45) is 0 Å². The maximum atomic E-state index is 12.2. The second-order valence-corrected chi connectivity index (χ2v) is 5.21. The number of rotatable bonds is 4. The topological polar surface area (TPSA) is 55.8 Å². The molecule has 0 bridgehead atoms. The SMILES string of the molecule is CCOC(=O)c1c(-c2ccc(Cl)cc2)cc(OC)c(Cl)c1O. The molecule has 2 aromatic rings. The molecule has 6 heteroatoms. The van der Waals surface area contributed by atoms with Crippen molar-refractivity contribution in [2.45, 2.75) is 6.92 Å². The van der Waals surface area contributed by atoms with Crippen LogP contribution < -0.4 is 4.74 Å². The van der Waals surface area contributed by atoms with Crippen LogP contribution in [0, 0.1) is 0 Å². The fraction of sp³-hybridized carbons (Fsp3) is 0.188. The molecule has 0 aliphatic heterocycles. The van der Waals surface area contributed by atoms with E-state index in [0.717, 1.165) is 0 Å². The van der Waals surface area contributed by atoms with Gasteiger partial charge in [-0.05, 0) is 30.7 Å². The molecule has 0 aliphatic carbocycles. The highest BCUT2D eigenvalue weighted by Crippen LogP contribution is 2.42. The molecule has 0 aromatic heterocycles. The molecule has 0 fully saturated rings. The number of hydrogen-bond acceptors (Lipinski definition) is 4. The highest BCUT2D eigenvalue weighted by molar-refractivity contribution is 6.34. The molecule has 2 rings (SSSR count). The second kappa shape index (κ2) is 6.90. The summed E-state index contributed by atoms with van der Waals surface area (Å²) in [6.07, 6.45) is 0. The molecular weight excluding hydrogens is 327 g/mol. The number of hydrogen-bond donors (Lipinski definition) is 1. The molecule has 4 nitrogen and oxygen atoms in total. The van der Waals surface area contributed by atoms with Crippen molar-refractivity contribution < 1.29 is 19.4 Å². The minimum Gasteiger partial charge on any atom is -0.505 e. The van der Waals surface area contributed by atoms with Gasteiger partial charge in [0.05, 0.1) is 13.7 Å². The molecule has 0 spiro atoms. The minimum atomic E-state index is -0.658. The molecule has 0 heterocycles. The number of carbonyl (C=O) groups is 1. The molecule has 1 N–H and O–H groups in total. The highest BCUT2D eigenvalue weighted by Gasteiger charge is 2.24. The lowest BCUT2D eigenvalue weighted by molar-refractivity contribution is 0.0524. The first-order chi connectivity index (χ1) is 10.5. The van der Waals surface area contributed by atoms with Gasteiger partial charge >= 0.3 is 5.97 Å². The van der Waals surface area contributed by atoms with E-state index >= 15 is 0 Å². The van der Waals surface area contributed by atoms with Crippen molar-refractivity contribution >= 4 is 29.2 Å². The van der Waals surface area contributed by atoms with E-state index in [2.05, 4.69) is 0 Å². The van der Waals surface area contributed by atoms with Gasteiger partial charge in [-0.1, -0.05) is 35.3 Å². The van der Waals surface area contributed by atoms with Crippen molar-refractivity contribution in [1.82, 2.24) is 0 Å². The average molecular weight is 341 g/mol. The van der Waals surface area contributed by atoms with Crippen molar-refractivity contribution in [3.8, 4) is 22.6 Å². The highest BCUT2D eigenvalue weighted by atomic mass is 35.5. The Labute approximate surface area is 138 Å². The Morgan fingerprint density at radius 2 is 1.86 bits per heavy atom. The maximum absolute atomic E-state index is 12.2. The Morgan fingerprint density at radius 1 is 1.23 bits per heavy atom. The van der Waals surface area contributed by atoms with Crippen molar-refractivity contribution in [1.29, 1.82) is 0 Å². The Kier molecular flexibility index (Phi) is 5.16. The number of ether oxygens (including phenoxy) is 2. The van der Waals surface area contributed by atoms with Crippen LogP contribution in [-0.4, -0.2) is 24.8 Å². The summed E-state index contributed by atoms with van der Waals surface area (Å²) in [4.78, 5) is 12.2. The Bertz CT molecular complexity index is 696. The molecule has 0 atom stereocenters. The second-order valence-electron chi connectivity index (χ2n) is 4.39. The molecule has 0 aliphatic rings. The first-order valence-corrected chi connectivity index (χ1v) is 7.27. The number of benzene rings is 2. The van der Waals surface area contributed by atoms with Crippen molar-refractivity contribution in [3.63, 3.8) is 0 Å². The summed E-state index contributed by atoms with van der Waals surface area (Å²) in [7, 11) is 1.43. The van der Waals surface area contributed by atoms with Crippen LogP contribution in [0.5, 0.6) is 11.5 Å². The molecule has 0 unspecified atom stereocenters. The van der Waals surface area contributed by atoms with Crippen LogP contribution in [0.25, 0.3) is 11.1 Å². The molecule has 2 aromatic carbocycles. The third kappa shape index (κ3) is 3.13. The quantitative estimate of drug-likeness (QED) is 0.829. The Balaban J connectivity index is 2.71. The summed E-state index contributed by atoms with van der Waals surface area (Å²) < 4.78 is 10.1. The summed E-state index contributed by atoms with van der Waals surface area (Å²) in [5.41, 5.74) is 1.13.